The van der Waals surface area contributed by atoms with Gasteiger partial charge in [-0.2, -0.15) is 0 Å². The van der Waals surface area contributed by atoms with Gasteiger partial charge in [0.2, 0.25) is 0 Å². The lowest BCUT2D eigenvalue weighted by molar-refractivity contribution is -0.0492. The van der Waals surface area contributed by atoms with Gasteiger partial charge in [-0.25, -0.2) is 0 Å². The summed E-state index contributed by atoms with van der Waals surface area (Å²) in [6.45, 7) is 19.9. The maximum atomic E-state index is 2.60. The molecular weight excluding hydrogens is 264 g/mol. The highest BCUT2D eigenvalue weighted by atomic mass is 14.6. The minimum atomic E-state index is 0.637. The minimum Gasteiger partial charge on any atom is -0.0651 e. The molecule has 2 aliphatic carbocycles. The third-order valence-corrected chi connectivity index (χ3v) is 8.51. The molecule has 0 aliphatic heterocycles. The molecule has 0 nitrogen and oxygen atoms in total. The Balaban J connectivity index is 2.05. The molecule has 0 aromatic carbocycles. The van der Waals surface area contributed by atoms with Crippen LogP contribution in [0.2, 0.25) is 0 Å². The van der Waals surface area contributed by atoms with E-state index in [-0.39, 0.29) is 0 Å². The topological polar surface area (TPSA) is 0 Å². The molecule has 2 rings (SSSR count). The van der Waals surface area contributed by atoms with Crippen LogP contribution in [0.5, 0.6) is 0 Å². The summed E-state index contributed by atoms with van der Waals surface area (Å²) in [4.78, 5) is 0. The first-order valence-corrected chi connectivity index (χ1v) is 10.2. The van der Waals surface area contributed by atoms with E-state index in [0.717, 1.165) is 35.5 Å². The minimum absolute atomic E-state index is 0.637. The summed E-state index contributed by atoms with van der Waals surface area (Å²) in [5, 5.41) is 0. The summed E-state index contributed by atoms with van der Waals surface area (Å²) < 4.78 is 0. The summed E-state index contributed by atoms with van der Waals surface area (Å²) in [7, 11) is 0. The SMILES string of the molecule is CCC(C)C(CC1(C)CC(C)C1CC)CC1(C)C(C)C1CC. The van der Waals surface area contributed by atoms with Crippen LogP contribution < -0.4 is 0 Å². The lowest BCUT2D eigenvalue weighted by Gasteiger charge is -2.54. The van der Waals surface area contributed by atoms with Crippen molar-refractivity contribution in [2.45, 2.75) is 93.9 Å². The first-order chi connectivity index (χ1) is 10.2. The van der Waals surface area contributed by atoms with E-state index in [1.54, 1.807) is 0 Å². The normalized spacial score (nSPS) is 46.9. The van der Waals surface area contributed by atoms with Crippen molar-refractivity contribution in [1.82, 2.24) is 0 Å². The molecule has 0 aromatic heterocycles. The third-order valence-electron chi connectivity index (χ3n) is 8.51. The van der Waals surface area contributed by atoms with Crippen molar-refractivity contribution in [2.75, 3.05) is 0 Å². The Labute approximate surface area is 140 Å². The molecule has 2 fully saturated rings. The highest BCUT2D eigenvalue weighted by molar-refractivity contribution is 5.07. The number of rotatable bonds is 8. The third kappa shape index (κ3) is 3.01. The highest BCUT2D eigenvalue weighted by Crippen LogP contribution is 2.65. The number of hydrogen-bond acceptors (Lipinski definition) is 0. The Kier molecular flexibility index (Phi) is 5.40. The van der Waals surface area contributed by atoms with Gasteiger partial charge in [0.15, 0.2) is 0 Å². The van der Waals surface area contributed by atoms with Crippen LogP contribution in [0.1, 0.15) is 93.9 Å². The zero-order valence-corrected chi connectivity index (χ0v) is 16.7. The van der Waals surface area contributed by atoms with Crippen molar-refractivity contribution in [3.63, 3.8) is 0 Å². The molecular formula is C22H42. The monoisotopic (exact) mass is 306 g/mol. The second-order valence-corrected chi connectivity index (χ2v) is 9.71. The molecule has 0 saturated heterocycles. The largest absolute Gasteiger partial charge is 0.0651 e. The molecule has 0 radical (unpaired) electrons. The lowest BCUT2D eigenvalue weighted by Crippen LogP contribution is -2.46. The van der Waals surface area contributed by atoms with Gasteiger partial charge in [0, 0.05) is 0 Å². The van der Waals surface area contributed by atoms with Crippen LogP contribution in [0.4, 0.5) is 0 Å². The molecule has 0 heteroatoms. The average molecular weight is 307 g/mol. The molecule has 130 valence electrons. The summed E-state index contributed by atoms with van der Waals surface area (Å²) in [5.74, 6) is 5.73. The van der Waals surface area contributed by atoms with E-state index < -0.39 is 0 Å². The number of hydrogen-bond donors (Lipinski definition) is 0. The Hall–Kier alpha value is 0. The molecule has 0 spiro atoms. The van der Waals surface area contributed by atoms with Crippen molar-refractivity contribution in [3.8, 4) is 0 Å². The quantitative estimate of drug-likeness (QED) is 0.445. The fourth-order valence-corrected chi connectivity index (χ4v) is 6.72. The van der Waals surface area contributed by atoms with Gasteiger partial charge < -0.3 is 0 Å². The van der Waals surface area contributed by atoms with Gasteiger partial charge in [-0.3, -0.25) is 0 Å². The van der Waals surface area contributed by atoms with Crippen molar-refractivity contribution in [2.24, 2.45) is 46.3 Å². The zero-order valence-electron chi connectivity index (χ0n) is 16.7. The molecule has 0 amide bonds. The predicted octanol–water partition coefficient (Wildman–Crippen LogP) is 7.18. The zero-order chi connectivity index (χ0) is 16.7. The molecule has 8 atom stereocenters. The molecule has 0 aromatic rings. The molecule has 8 unspecified atom stereocenters. The summed E-state index contributed by atoms with van der Waals surface area (Å²) in [5.41, 5.74) is 1.29. The van der Waals surface area contributed by atoms with Crippen LogP contribution >= 0.6 is 0 Å². The maximum absolute atomic E-state index is 2.60. The van der Waals surface area contributed by atoms with Crippen LogP contribution in [0.3, 0.4) is 0 Å². The molecule has 2 aliphatic rings. The van der Waals surface area contributed by atoms with E-state index in [1.165, 1.54) is 38.5 Å². The van der Waals surface area contributed by atoms with Gasteiger partial charge in [0.05, 0.1) is 0 Å². The van der Waals surface area contributed by atoms with Crippen LogP contribution in [0.25, 0.3) is 0 Å². The van der Waals surface area contributed by atoms with Crippen LogP contribution in [-0.4, -0.2) is 0 Å². The Bertz CT molecular complexity index is 372. The van der Waals surface area contributed by atoms with Gasteiger partial charge >= 0.3 is 0 Å². The summed E-state index contributed by atoms with van der Waals surface area (Å²) in [6, 6.07) is 0. The molecule has 0 heterocycles. The van der Waals surface area contributed by atoms with E-state index >= 15 is 0 Å². The van der Waals surface area contributed by atoms with Crippen molar-refractivity contribution >= 4 is 0 Å². The Morgan fingerprint density at radius 1 is 0.955 bits per heavy atom. The first kappa shape index (κ1) is 18.3. The van der Waals surface area contributed by atoms with E-state index in [0.29, 0.717) is 10.8 Å². The summed E-state index contributed by atoms with van der Waals surface area (Å²) in [6.07, 6.45) is 8.58. The second-order valence-electron chi connectivity index (χ2n) is 9.71. The van der Waals surface area contributed by atoms with Crippen LogP contribution in [0.15, 0.2) is 0 Å². The van der Waals surface area contributed by atoms with Gasteiger partial charge in [-0.15, -0.1) is 0 Å². The van der Waals surface area contributed by atoms with Crippen molar-refractivity contribution in [3.05, 3.63) is 0 Å². The fraction of sp³-hybridized carbons (Fsp3) is 1.00. The van der Waals surface area contributed by atoms with Gasteiger partial charge in [-0.1, -0.05) is 74.7 Å². The standard InChI is InChI=1S/C22H42/c1-9-15(4)18(14-22(8)17(6)20(22)11-3)13-21(7)12-16(5)19(21)10-2/h15-20H,9-14H2,1-8H3. The van der Waals surface area contributed by atoms with E-state index in [4.69, 9.17) is 0 Å². The lowest BCUT2D eigenvalue weighted by atomic mass is 9.51. The van der Waals surface area contributed by atoms with Crippen LogP contribution in [-0.2, 0) is 0 Å². The van der Waals surface area contributed by atoms with Gasteiger partial charge in [0.25, 0.3) is 0 Å². The smallest absolute Gasteiger partial charge is 0.0264 e. The average Bonchev–Trinajstić information content (AvgIpc) is 2.97. The van der Waals surface area contributed by atoms with E-state index in [1.807, 2.05) is 0 Å². The molecule has 22 heavy (non-hydrogen) atoms. The Morgan fingerprint density at radius 3 is 1.95 bits per heavy atom. The first-order valence-electron chi connectivity index (χ1n) is 10.2. The maximum Gasteiger partial charge on any atom is -0.0264 e. The van der Waals surface area contributed by atoms with E-state index in [2.05, 4.69) is 55.4 Å². The highest BCUT2D eigenvalue weighted by Gasteiger charge is 2.58. The molecule has 0 N–H and O–H groups in total. The fourth-order valence-electron chi connectivity index (χ4n) is 6.72. The van der Waals surface area contributed by atoms with Crippen LogP contribution in [0, 0.1) is 46.3 Å². The Morgan fingerprint density at radius 2 is 1.55 bits per heavy atom. The van der Waals surface area contributed by atoms with Crippen molar-refractivity contribution < 1.29 is 0 Å². The van der Waals surface area contributed by atoms with Gasteiger partial charge in [-0.05, 0) is 65.6 Å². The summed E-state index contributed by atoms with van der Waals surface area (Å²) >= 11 is 0. The molecule has 0 bridgehead atoms. The van der Waals surface area contributed by atoms with Gasteiger partial charge in [0.1, 0.15) is 0 Å². The predicted molar refractivity (Wildman–Crippen MR) is 98.9 cm³/mol. The molecule has 2 saturated carbocycles. The second kappa shape index (κ2) is 6.48. The van der Waals surface area contributed by atoms with Crippen molar-refractivity contribution in [1.29, 1.82) is 0 Å². The van der Waals surface area contributed by atoms with E-state index in [9.17, 15) is 0 Å².